The number of nitrogens with one attached hydrogen (secondary N) is 1. The number of imide groups is 1. The van der Waals surface area contributed by atoms with Gasteiger partial charge in [0.25, 0.3) is 11.6 Å². The molecule has 0 atom stereocenters. The van der Waals surface area contributed by atoms with E-state index >= 15 is 0 Å². The summed E-state index contributed by atoms with van der Waals surface area (Å²) >= 11 is 0. The van der Waals surface area contributed by atoms with Crippen LogP contribution in [-0.4, -0.2) is 35.9 Å². The number of amides is 2. The van der Waals surface area contributed by atoms with E-state index in [-0.39, 0.29) is 42.2 Å². The van der Waals surface area contributed by atoms with Crippen LogP contribution in [0, 0.1) is 10.1 Å². The predicted molar refractivity (Wildman–Crippen MR) is 81.0 cm³/mol. The molecule has 0 aliphatic carbocycles. The van der Waals surface area contributed by atoms with Gasteiger partial charge >= 0.3 is 5.97 Å². The largest absolute Gasteiger partial charge is 0.482 e. The highest BCUT2D eigenvalue weighted by atomic mass is 16.6. The first-order valence-electron chi connectivity index (χ1n) is 7.02. The molecule has 1 aromatic carbocycles. The number of nitro groups is 1. The summed E-state index contributed by atoms with van der Waals surface area (Å²) in [4.78, 5) is 44.5. The second-order valence-electron chi connectivity index (χ2n) is 4.80. The Labute approximate surface area is 136 Å². The van der Waals surface area contributed by atoms with E-state index in [9.17, 15) is 24.5 Å². The smallest absolute Gasteiger partial charge is 0.344 e. The Kier molecular flexibility index (Phi) is 5.25. The number of benzene rings is 1. The van der Waals surface area contributed by atoms with E-state index in [0.29, 0.717) is 0 Å². The minimum atomic E-state index is -0.615. The third-order valence-electron chi connectivity index (χ3n) is 3.08. The lowest BCUT2D eigenvalue weighted by Gasteiger charge is -2.07. The molecule has 0 radical (unpaired) electrons. The topological polar surface area (TPSA) is 125 Å². The average molecular weight is 334 g/mol. The van der Waals surface area contributed by atoms with Gasteiger partial charge in [-0.05, 0) is 25.1 Å². The van der Waals surface area contributed by atoms with Crippen LogP contribution < -0.4 is 10.1 Å². The normalized spacial score (nSPS) is 15.3. The van der Waals surface area contributed by atoms with Crippen molar-refractivity contribution in [2.75, 3.05) is 13.2 Å². The summed E-state index contributed by atoms with van der Waals surface area (Å²) in [5.74, 6) is -1.43. The van der Waals surface area contributed by atoms with Crippen molar-refractivity contribution in [2.45, 2.75) is 13.3 Å². The van der Waals surface area contributed by atoms with Gasteiger partial charge in [-0.3, -0.25) is 25.0 Å². The Hall–Kier alpha value is -3.23. The van der Waals surface area contributed by atoms with Crippen LogP contribution in [0.3, 0.4) is 0 Å². The van der Waals surface area contributed by atoms with E-state index in [2.05, 4.69) is 5.32 Å². The zero-order chi connectivity index (χ0) is 17.7. The van der Waals surface area contributed by atoms with E-state index in [4.69, 9.17) is 9.47 Å². The minimum Gasteiger partial charge on any atom is -0.482 e. The van der Waals surface area contributed by atoms with E-state index in [0.717, 1.165) is 0 Å². The lowest BCUT2D eigenvalue weighted by atomic mass is 10.1. The van der Waals surface area contributed by atoms with Gasteiger partial charge in [-0.15, -0.1) is 0 Å². The number of hydrogen-bond acceptors (Lipinski definition) is 7. The number of ether oxygens (including phenoxy) is 2. The highest BCUT2D eigenvalue weighted by molar-refractivity contribution is 6.15. The summed E-state index contributed by atoms with van der Waals surface area (Å²) < 4.78 is 9.93. The molecule has 126 valence electrons. The minimum absolute atomic E-state index is 0.0983. The second kappa shape index (κ2) is 7.36. The molecule has 0 bridgehead atoms. The van der Waals surface area contributed by atoms with Crippen LogP contribution in [0.25, 0.3) is 6.08 Å². The Morgan fingerprint density at radius 2 is 2.17 bits per heavy atom. The van der Waals surface area contributed by atoms with Crippen LogP contribution in [0.15, 0.2) is 23.8 Å². The molecule has 2 rings (SSSR count). The fraction of sp³-hybridized carbons (Fsp3) is 0.267. The Morgan fingerprint density at radius 1 is 1.42 bits per heavy atom. The first kappa shape index (κ1) is 17.1. The van der Waals surface area contributed by atoms with Crippen molar-refractivity contribution in [1.82, 2.24) is 5.32 Å². The zero-order valence-electron chi connectivity index (χ0n) is 12.7. The van der Waals surface area contributed by atoms with Crippen LogP contribution in [0.4, 0.5) is 5.69 Å². The third-order valence-corrected chi connectivity index (χ3v) is 3.08. The highest BCUT2D eigenvalue weighted by Gasteiger charge is 2.25. The molecule has 0 unspecified atom stereocenters. The maximum Gasteiger partial charge on any atom is 0.344 e. The molecule has 1 fully saturated rings. The number of rotatable bonds is 6. The van der Waals surface area contributed by atoms with Gasteiger partial charge in [0.1, 0.15) is 5.75 Å². The molecule has 2 amide bonds. The van der Waals surface area contributed by atoms with Gasteiger partial charge < -0.3 is 9.47 Å². The first-order valence-corrected chi connectivity index (χ1v) is 7.02. The first-order chi connectivity index (χ1) is 11.4. The zero-order valence-corrected chi connectivity index (χ0v) is 12.7. The molecule has 1 aliphatic rings. The van der Waals surface area contributed by atoms with Crippen LogP contribution in [0.2, 0.25) is 0 Å². The van der Waals surface area contributed by atoms with Crippen LogP contribution in [-0.2, 0) is 19.1 Å². The van der Waals surface area contributed by atoms with Gasteiger partial charge in [0.15, 0.2) is 6.61 Å². The fourth-order valence-electron chi connectivity index (χ4n) is 2.06. The third kappa shape index (κ3) is 4.15. The van der Waals surface area contributed by atoms with E-state index in [1.807, 2.05) is 0 Å². The SMILES string of the molecule is CCOC(=O)COc1ccc([N+](=O)[O-])c(C=C2CC(=O)NC2=O)c1. The van der Waals surface area contributed by atoms with Gasteiger partial charge in [-0.2, -0.15) is 0 Å². The van der Waals surface area contributed by atoms with Crippen LogP contribution in [0.5, 0.6) is 5.75 Å². The van der Waals surface area contributed by atoms with Crippen molar-refractivity contribution in [1.29, 1.82) is 0 Å². The Bertz CT molecular complexity index is 739. The second-order valence-corrected chi connectivity index (χ2v) is 4.80. The molecule has 1 N–H and O–H groups in total. The summed E-state index contributed by atoms with van der Waals surface area (Å²) in [6.07, 6.45) is 1.11. The van der Waals surface area contributed by atoms with Gasteiger partial charge in [0, 0.05) is 11.6 Å². The molecular weight excluding hydrogens is 320 g/mol. The Balaban J connectivity index is 2.27. The van der Waals surface area contributed by atoms with Gasteiger partial charge in [0.05, 0.1) is 23.5 Å². The standard InChI is InChI=1S/C15H14N2O7/c1-2-23-14(19)8-24-11-3-4-12(17(21)22)9(6-11)5-10-7-13(18)16-15(10)20/h3-6H,2,7-8H2,1H3,(H,16,18,20). The maximum atomic E-state index is 11.6. The van der Waals surface area contributed by atoms with Crippen LogP contribution >= 0.6 is 0 Å². The molecule has 9 heteroatoms. The molecule has 1 heterocycles. The highest BCUT2D eigenvalue weighted by Crippen LogP contribution is 2.27. The molecule has 0 saturated carbocycles. The quantitative estimate of drug-likeness (QED) is 0.270. The molecule has 0 aromatic heterocycles. The maximum absolute atomic E-state index is 11.6. The summed E-state index contributed by atoms with van der Waals surface area (Å²) in [5, 5.41) is 13.2. The number of carbonyl (C=O) groups excluding carboxylic acids is 3. The number of nitro benzene ring substituents is 1. The molecule has 1 aliphatic heterocycles. The Morgan fingerprint density at radius 3 is 2.75 bits per heavy atom. The molecular formula is C15H14N2O7. The number of nitrogens with zero attached hydrogens (tertiary/aromatic N) is 1. The summed E-state index contributed by atoms with van der Waals surface area (Å²) in [6, 6.07) is 3.85. The molecule has 1 saturated heterocycles. The fourth-order valence-corrected chi connectivity index (χ4v) is 2.06. The van der Waals surface area contributed by atoms with Crippen molar-refractivity contribution < 1.29 is 28.8 Å². The predicted octanol–water partition coefficient (Wildman–Crippen LogP) is 0.967. The van der Waals surface area contributed by atoms with Crippen molar-refractivity contribution >= 4 is 29.5 Å². The summed E-state index contributed by atoms with van der Waals surface area (Å²) in [7, 11) is 0. The van der Waals surface area contributed by atoms with Crippen LogP contribution in [0.1, 0.15) is 18.9 Å². The van der Waals surface area contributed by atoms with Gasteiger partial charge in [-0.1, -0.05) is 0 Å². The lowest BCUT2D eigenvalue weighted by molar-refractivity contribution is -0.385. The van der Waals surface area contributed by atoms with E-state index in [1.165, 1.54) is 24.3 Å². The van der Waals surface area contributed by atoms with Crippen molar-refractivity contribution in [3.05, 3.63) is 39.4 Å². The van der Waals surface area contributed by atoms with Gasteiger partial charge in [-0.25, -0.2) is 4.79 Å². The molecule has 9 nitrogen and oxygen atoms in total. The average Bonchev–Trinajstić information content (AvgIpc) is 2.83. The van der Waals surface area contributed by atoms with Gasteiger partial charge in [0.2, 0.25) is 5.91 Å². The monoisotopic (exact) mass is 334 g/mol. The molecule has 1 aromatic rings. The van der Waals surface area contributed by atoms with E-state index < -0.39 is 22.7 Å². The number of hydrogen-bond donors (Lipinski definition) is 1. The molecule has 24 heavy (non-hydrogen) atoms. The van der Waals surface area contributed by atoms with E-state index in [1.54, 1.807) is 6.92 Å². The number of esters is 1. The van der Waals surface area contributed by atoms with Crippen molar-refractivity contribution in [2.24, 2.45) is 0 Å². The summed E-state index contributed by atoms with van der Waals surface area (Å²) in [5.41, 5.74) is -0.0371. The summed E-state index contributed by atoms with van der Waals surface area (Å²) in [6.45, 7) is 1.52. The van der Waals surface area contributed by atoms with Crippen molar-refractivity contribution in [3.63, 3.8) is 0 Å². The number of carbonyl (C=O) groups is 3. The van der Waals surface area contributed by atoms with Crippen molar-refractivity contribution in [3.8, 4) is 5.75 Å². The lowest BCUT2D eigenvalue weighted by Crippen LogP contribution is -2.19. The molecule has 0 spiro atoms.